The van der Waals surface area contributed by atoms with Crippen LogP contribution in [0.15, 0.2) is 72.8 Å². The predicted molar refractivity (Wildman–Crippen MR) is 172 cm³/mol. The van der Waals surface area contributed by atoms with Crippen LogP contribution in [0.1, 0.15) is 59.7 Å². The number of amides is 1. The van der Waals surface area contributed by atoms with E-state index in [2.05, 4.69) is 15.5 Å². The molecular weight excluding hydrogens is 593 g/mol. The fraction of sp³-hybridized carbons (Fsp3) is 0.389. The van der Waals surface area contributed by atoms with Crippen molar-refractivity contribution in [2.45, 2.75) is 56.9 Å². The van der Waals surface area contributed by atoms with E-state index in [0.717, 1.165) is 56.5 Å². The lowest BCUT2D eigenvalue weighted by atomic mass is 9.93. The summed E-state index contributed by atoms with van der Waals surface area (Å²) in [7, 11) is 0. The first-order valence-corrected chi connectivity index (χ1v) is 15.9. The van der Waals surface area contributed by atoms with Crippen LogP contribution in [-0.2, 0) is 18.3 Å². The standard InChI is InChI=1S/C36H39F3N4O3/c1-2-46-28-11-12-29-31(22-28)41-33(24-7-6-10-26(21-24)36(37,38)39)30(23-43-18-13-27(14-19-43)40-17-20-44)32(29)34(45)42-35(15-16-35)25-8-4-3-5-9-25/h3-12,21-22,27,40,44H,2,13-20,23H2,1H3,(H,42,45). The molecule has 0 bridgehead atoms. The van der Waals surface area contributed by atoms with Crippen molar-refractivity contribution < 1.29 is 27.8 Å². The second-order valence-electron chi connectivity index (χ2n) is 12.1. The van der Waals surface area contributed by atoms with E-state index in [1.165, 1.54) is 6.07 Å². The monoisotopic (exact) mass is 632 g/mol. The molecule has 1 aromatic heterocycles. The molecule has 10 heteroatoms. The molecule has 0 unspecified atom stereocenters. The Morgan fingerprint density at radius 3 is 2.48 bits per heavy atom. The van der Waals surface area contributed by atoms with Crippen LogP contribution in [0.4, 0.5) is 13.2 Å². The van der Waals surface area contributed by atoms with Crippen molar-refractivity contribution in [3.05, 3.63) is 95.1 Å². The molecule has 3 aromatic carbocycles. The maximum atomic E-state index is 14.5. The molecule has 1 saturated heterocycles. The second-order valence-corrected chi connectivity index (χ2v) is 12.1. The van der Waals surface area contributed by atoms with Crippen molar-refractivity contribution in [1.82, 2.24) is 20.5 Å². The first-order chi connectivity index (χ1) is 22.2. The molecule has 0 radical (unpaired) electrons. The molecule has 2 fully saturated rings. The Labute approximate surface area is 266 Å². The topological polar surface area (TPSA) is 86.7 Å². The number of halogens is 3. The van der Waals surface area contributed by atoms with Crippen molar-refractivity contribution in [1.29, 1.82) is 0 Å². The maximum absolute atomic E-state index is 14.5. The fourth-order valence-electron chi connectivity index (χ4n) is 6.47. The molecule has 2 heterocycles. The van der Waals surface area contributed by atoms with E-state index in [1.807, 2.05) is 43.3 Å². The summed E-state index contributed by atoms with van der Waals surface area (Å²) >= 11 is 0. The lowest BCUT2D eigenvalue weighted by Gasteiger charge is -2.33. The molecule has 1 saturated carbocycles. The zero-order valence-corrected chi connectivity index (χ0v) is 25.9. The molecule has 7 nitrogen and oxygen atoms in total. The maximum Gasteiger partial charge on any atom is 0.416 e. The summed E-state index contributed by atoms with van der Waals surface area (Å²) in [6.07, 6.45) is -1.26. The minimum atomic E-state index is -4.53. The number of piperidine rings is 1. The zero-order chi connectivity index (χ0) is 32.3. The van der Waals surface area contributed by atoms with Crippen molar-refractivity contribution >= 4 is 16.8 Å². The summed E-state index contributed by atoms with van der Waals surface area (Å²) in [6.45, 7) is 4.68. The number of rotatable bonds is 11. The summed E-state index contributed by atoms with van der Waals surface area (Å²) < 4.78 is 47.5. The number of fused-ring (bicyclic) bond motifs is 1. The third kappa shape index (κ3) is 6.89. The van der Waals surface area contributed by atoms with Gasteiger partial charge in [0.05, 0.1) is 41.1 Å². The fourth-order valence-corrected chi connectivity index (χ4v) is 6.47. The van der Waals surface area contributed by atoms with Gasteiger partial charge in [-0.3, -0.25) is 9.69 Å². The first kappa shape index (κ1) is 32.0. The number of benzene rings is 3. The summed E-state index contributed by atoms with van der Waals surface area (Å²) in [6, 6.07) is 20.7. The first-order valence-electron chi connectivity index (χ1n) is 15.9. The van der Waals surface area contributed by atoms with Crippen LogP contribution in [0.2, 0.25) is 0 Å². The number of ether oxygens (including phenoxy) is 1. The van der Waals surface area contributed by atoms with Gasteiger partial charge in [0.2, 0.25) is 0 Å². The molecule has 2 aliphatic rings. The van der Waals surface area contributed by atoms with Crippen LogP contribution in [0.3, 0.4) is 0 Å². The van der Waals surface area contributed by atoms with Crippen molar-refractivity contribution in [2.75, 3.05) is 32.8 Å². The highest BCUT2D eigenvalue weighted by Crippen LogP contribution is 2.46. The lowest BCUT2D eigenvalue weighted by molar-refractivity contribution is -0.137. The van der Waals surface area contributed by atoms with Gasteiger partial charge in [-0.05, 0) is 75.5 Å². The van der Waals surface area contributed by atoms with E-state index >= 15 is 0 Å². The van der Waals surface area contributed by atoms with Gasteiger partial charge in [0.15, 0.2) is 0 Å². The average Bonchev–Trinajstić information content (AvgIpc) is 3.84. The van der Waals surface area contributed by atoms with Gasteiger partial charge in [-0.15, -0.1) is 0 Å². The van der Waals surface area contributed by atoms with Crippen LogP contribution >= 0.6 is 0 Å². The van der Waals surface area contributed by atoms with E-state index in [-0.39, 0.29) is 18.6 Å². The smallest absolute Gasteiger partial charge is 0.416 e. The molecule has 6 rings (SSSR count). The molecule has 1 aliphatic carbocycles. The van der Waals surface area contributed by atoms with Crippen LogP contribution in [-0.4, -0.2) is 59.8 Å². The number of alkyl halides is 3. The summed E-state index contributed by atoms with van der Waals surface area (Å²) in [5.41, 5.74) is 1.89. The largest absolute Gasteiger partial charge is 0.494 e. The van der Waals surface area contributed by atoms with E-state index in [0.29, 0.717) is 58.7 Å². The Morgan fingerprint density at radius 1 is 1.04 bits per heavy atom. The van der Waals surface area contributed by atoms with E-state index in [4.69, 9.17) is 9.72 Å². The number of nitrogens with one attached hydrogen (secondary N) is 2. The number of aliphatic hydroxyl groups excluding tert-OH is 1. The van der Waals surface area contributed by atoms with Crippen LogP contribution < -0.4 is 15.4 Å². The number of aromatic nitrogens is 1. The van der Waals surface area contributed by atoms with Crippen molar-refractivity contribution in [3.8, 4) is 17.0 Å². The SMILES string of the molecule is CCOc1ccc2c(C(=O)NC3(c4ccccc4)CC3)c(CN3CCC(NCCO)CC3)c(-c3cccc(C(F)(F)F)c3)nc2c1. The molecule has 0 atom stereocenters. The van der Waals surface area contributed by atoms with Gasteiger partial charge in [-0.1, -0.05) is 42.5 Å². The van der Waals surface area contributed by atoms with Crippen LogP contribution in [0, 0.1) is 0 Å². The quantitative estimate of drug-likeness (QED) is 0.180. The number of carbonyl (C=O) groups is 1. The van der Waals surface area contributed by atoms with Gasteiger partial charge in [0.25, 0.3) is 5.91 Å². The number of hydrogen-bond acceptors (Lipinski definition) is 6. The van der Waals surface area contributed by atoms with Gasteiger partial charge in [-0.25, -0.2) is 4.98 Å². The number of carbonyl (C=O) groups excluding carboxylic acids is 1. The third-order valence-corrected chi connectivity index (χ3v) is 9.00. The Kier molecular flexibility index (Phi) is 9.31. The van der Waals surface area contributed by atoms with Crippen LogP contribution in [0.5, 0.6) is 5.75 Å². The van der Waals surface area contributed by atoms with Gasteiger partial charge in [0, 0.05) is 41.7 Å². The average molecular weight is 633 g/mol. The van der Waals surface area contributed by atoms with Crippen molar-refractivity contribution in [3.63, 3.8) is 0 Å². The molecule has 1 amide bonds. The predicted octanol–water partition coefficient (Wildman–Crippen LogP) is 6.28. The third-order valence-electron chi connectivity index (χ3n) is 9.00. The molecule has 4 aromatic rings. The highest BCUT2D eigenvalue weighted by Gasteiger charge is 2.46. The van der Waals surface area contributed by atoms with E-state index in [1.54, 1.807) is 18.2 Å². The summed E-state index contributed by atoms with van der Waals surface area (Å²) in [5.74, 6) is 0.289. The van der Waals surface area contributed by atoms with Gasteiger partial charge in [0.1, 0.15) is 5.75 Å². The van der Waals surface area contributed by atoms with Crippen LogP contribution in [0.25, 0.3) is 22.2 Å². The molecule has 0 spiro atoms. The number of aliphatic hydroxyl groups is 1. The van der Waals surface area contributed by atoms with Gasteiger partial charge >= 0.3 is 6.18 Å². The normalized spacial score (nSPS) is 16.8. The Balaban J connectivity index is 1.49. The minimum absolute atomic E-state index is 0.0667. The molecule has 3 N–H and O–H groups in total. The highest BCUT2D eigenvalue weighted by atomic mass is 19.4. The minimum Gasteiger partial charge on any atom is -0.494 e. The molecule has 46 heavy (non-hydrogen) atoms. The zero-order valence-electron chi connectivity index (χ0n) is 25.9. The summed E-state index contributed by atoms with van der Waals surface area (Å²) in [4.78, 5) is 21.7. The van der Waals surface area contributed by atoms with Gasteiger partial charge in [-0.2, -0.15) is 13.2 Å². The number of likely N-dealkylation sites (tertiary alicyclic amines) is 1. The second kappa shape index (κ2) is 13.4. The molecule has 242 valence electrons. The number of pyridine rings is 1. The Morgan fingerprint density at radius 2 is 1.80 bits per heavy atom. The number of nitrogens with zero attached hydrogens (tertiary/aromatic N) is 2. The lowest BCUT2D eigenvalue weighted by Crippen LogP contribution is -2.43. The van der Waals surface area contributed by atoms with Gasteiger partial charge < -0.3 is 20.5 Å². The molecule has 1 aliphatic heterocycles. The van der Waals surface area contributed by atoms with E-state index < -0.39 is 17.3 Å². The summed E-state index contributed by atoms with van der Waals surface area (Å²) in [5, 5.41) is 16.5. The Bertz CT molecular complexity index is 1680. The number of hydrogen-bond donors (Lipinski definition) is 3. The highest BCUT2D eigenvalue weighted by molar-refractivity contribution is 6.09. The molecular formula is C36H39F3N4O3. The van der Waals surface area contributed by atoms with Crippen molar-refractivity contribution in [2.24, 2.45) is 0 Å². The Hall–Kier alpha value is -3.99. The van der Waals surface area contributed by atoms with E-state index in [9.17, 15) is 23.1 Å².